The zero-order chi connectivity index (χ0) is 42.2. The topological polar surface area (TPSA) is 12.5 Å². The first-order valence-electron chi connectivity index (χ1n) is 22.2. The van der Waals surface area contributed by atoms with Gasteiger partial charge in [0.05, 0.1) is 22.2 Å². The zero-order valence-corrected chi connectivity index (χ0v) is 35.0. The molecule has 0 radical (unpaired) electrons. The van der Waals surface area contributed by atoms with Crippen LogP contribution in [0.3, 0.4) is 0 Å². The summed E-state index contributed by atoms with van der Waals surface area (Å²) in [5.41, 5.74) is 19.4. The van der Waals surface area contributed by atoms with Crippen molar-refractivity contribution in [3.8, 4) is 44.9 Å². The molecule has 1 aliphatic heterocycles. The molecule has 0 amide bonds. The highest BCUT2D eigenvalue weighted by Gasteiger charge is 2.51. The fourth-order valence-electron chi connectivity index (χ4n) is 11.6. The molecule has 0 N–H and O–H groups in total. The van der Waals surface area contributed by atoms with Gasteiger partial charge in [0.15, 0.2) is 0 Å². The average molecular weight is 816 g/mol. The Morgan fingerprint density at radius 1 is 0.297 bits per heavy atom. The van der Waals surface area contributed by atoms with Gasteiger partial charge in [0, 0.05) is 27.9 Å². The second-order valence-corrected chi connectivity index (χ2v) is 17.1. The summed E-state index contributed by atoms with van der Waals surface area (Å²) in [5, 5.41) is 0. The van der Waals surface area contributed by atoms with Crippen LogP contribution in [0.4, 0.5) is 17.1 Å². The third-order valence-electron chi connectivity index (χ3n) is 14.0. The number of hydrogen-bond acceptors (Lipinski definition) is 2. The maximum Gasteiger partial charge on any atom is 0.132 e. The molecule has 3 aliphatic rings. The van der Waals surface area contributed by atoms with Crippen molar-refractivity contribution in [3.63, 3.8) is 0 Å². The van der Waals surface area contributed by atoms with Gasteiger partial charge in [-0.3, -0.25) is 0 Å². The minimum atomic E-state index is -0.522. The Labute approximate surface area is 374 Å². The van der Waals surface area contributed by atoms with Gasteiger partial charge in [-0.05, 0) is 92.0 Å². The van der Waals surface area contributed by atoms with Crippen LogP contribution in [-0.2, 0) is 10.8 Å². The van der Waals surface area contributed by atoms with Crippen molar-refractivity contribution >= 4 is 17.1 Å². The van der Waals surface area contributed by atoms with Crippen molar-refractivity contribution in [2.75, 3.05) is 4.90 Å². The fraction of sp³-hybridized carbons (Fsp3) is 0.0323. The number of hydrogen-bond donors (Lipinski definition) is 0. The summed E-state index contributed by atoms with van der Waals surface area (Å²) in [5.74, 6) is 1.76. The van der Waals surface area contributed by atoms with Gasteiger partial charge in [-0.15, -0.1) is 0 Å². The highest BCUT2D eigenvalue weighted by Crippen LogP contribution is 2.63. The highest BCUT2D eigenvalue weighted by atomic mass is 16.5. The van der Waals surface area contributed by atoms with Crippen LogP contribution in [0.1, 0.15) is 44.5 Å². The van der Waals surface area contributed by atoms with Gasteiger partial charge in [-0.25, -0.2) is 0 Å². The predicted molar refractivity (Wildman–Crippen MR) is 261 cm³/mol. The third kappa shape index (κ3) is 4.97. The molecule has 1 spiro atoms. The van der Waals surface area contributed by atoms with E-state index in [0.717, 1.165) is 45.3 Å². The second kappa shape index (κ2) is 14.2. The second-order valence-electron chi connectivity index (χ2n) is 17.1. The van der Waals surface area contributed by atoms with Crippen LogP contribution in [0, 0.1) is 0 Å². The lowest BCUT2D eigenvalue weighted by atomic mass is 9.66. The molecular formula is C62H41NO. The number of para-hydroxylation sites is 3. The highest BCUT2D eigenvalue weighted by molar-refractivity contribution is 6.00. The van der Waals surface area contributed by atoms with Gasteiger partial charge in [0.2, 0.25) is 0 Å². The van der Waals surface area contributed by atoms with Gasteiger partial charge in [0.25, 0.3) is 0 Å². The molecule has 10 aromatic carbocycles. The SMILES string of the molecule is c1ccc(N(c2ccccc2-c2ccc3c(c2)Oc2ccccc2C32c3ccccc3-c3ccccc32)c2cccc3c2-c2ccccc2C3(c2ccccc2)c2ccccc2)cc1. The van der Waals surface area contributed by atoms with Gasteiger partial charge in [0.1, 0.15) is 11.5 Å². The number of rotatable bonds is 6. The van der Waals surface area contributed by atoms with Crippen LogP contribution in [0.5, 0.6) is 11.5 Å². The van der Waals surface area contributed by atoms with E-state index < -0.39 is 10.8 Å². The van der Waals surface area contributed by atoms with Crippen LogP contribution >= 0.6 is 0 Å². The number of ether oxygens (including phenoxy) is 1. The van der Waals surface area contributed by atoms with Crippen LogP contribution in [-0.4, -0.2) is 0 Å². The van der Waals surface area contributed by atoms with E-state index in [-0.39, 0.29) is 0 Å². The normalized spacial score (nSPS) is 14.0. The van der Waals surface area contributed by atoms with E-state index in [1.807, 2.05) is 0 Å². The molecular weight excluding hydrogens is 775 g/mol. The lowest BCUT2D eigenvalue weighted by Gasteiger charge is -2.39. The van der Waals surface area contributed by atoms with Crippen molar-refractivity contribution in [2.24, 2.45) is 0 Å². The summed E-state index contributed by atoms with van der Waals surface area (Å²) in [6, 6.07) is 91.0. The zero-order valence-electron chi connectivity index (χ0n) is 35.0. The van der Waals surface area contributed by atoms with E-state index in [1.54, 1.807) is 0 Å². The van der Waals surface area contributed by atoms with E-state index in [0.29, 0.717) is 0 Å². The molecule has 0 saturated heterocycles. The Morgan fingerprint density at radius 3 is 1.42 bits per heavy atom. The summed E-state index contributed by atoms with van der Waals surface area (Å²) < 4.78 is 7.02. The largest absolute Gasteiger partial charge is 0.457 e. The first-order chi connectivity index (χ1) is 31.8. The average Bonchev–Trinajstić information content (AvgIpc) is 3.84. The summed E-state index contributed by atoms with van der Waals surface area (Å²) in [4.78, 5) is 2.47. The monoisotopic (exact) mass is 815 g/mol. The molecule has 0 atom stereocenters. The van der Waals surface area contributed by atoms with Crippen molar-refractivity contribution in [1.29, 1.82) is 0 Å². The molecule has 64 heavy (non-hydrogen) atoms. The van der Waals surface area contributed by atoms with Crippen molar-refractivity contribution in [1.82, 2.24) is 0 Å². The van der Waals surface area contributed by atoms with Crippen molar-refractivity contribution in [3.05, 3.63) is 293 Å². The Hall–Kier alpha value is -8.20. The molecule has 0 fully saturated rings. The maximum absolute atomic E-state index is 7.02. The van der Waals surface area contributed by atoms with E-state index in [4.69, 9.17) is 4.74 Å². The fourth-order valence-corrected chi connectivity index (χ4v) is 11.6. The molecule has 0 aromatic heterocycles. The van der Waals surface area contributed by atoms with Crippen molar-refractivity contribution < 1.29 is 4.74 Å². The number of nitrogens with zero attached hydrogens (tertiary/aromatic N) is 1. The molecule has 0 saturated carbocycles. The quantitative estimate of drug-likeness (QED) is 0.166. The van der Waals surface area contributed by atoms with E-state index >= 15 is 0 Å². The predicted octanol–water partition coefficient (Wildman–Crippen LogP) is 15.7. The minimum Gasteiger partial charge on any atom is -0.457 e. The standard InChI is InChI=1S/C62H41NO/c1-4-21-43(22-5-1)61(44-23-6-2-7-24-44)52-33-16-12-30-49(52)60-55(61)35-20-37-57(60)63(45-25-8-3-9-26-45)56-36-18-13-27-46(56)42-39-40-54-59(41-42)64-58-38-19-17-34-53(58)62(54)50-31-14-10-28-47(50)48-29-11-15-32-51(48)62/h1-41H. The summed E-state index contributed by atoms with van der Waals surface area (Å²) in [6.45, 7) is 0. The summed E-state index contributed by atoms with van der Waals surface area (Å²) in [6.07, 6.45) is 0. The molecule has 0 unspecified atom stereocenters. The molecule has 0 bridgehead atoms. The first kappa shape index (κ1) is 36.5. The minimum absolute atomic E-state index is 0.520. The lowest BCUT2D eigenvalue weighted by molar-refractivity contribution is 0.436. The number of anilines is 3. The van der Waals surface area contributed by atoms with Crippen molar-refractivity contribution in [2.45, 2.75) is 10.8 Å². The van der Waals surface area contributed by atoms with E-state index in [1.165, 1.54) is 61.2 Å². The molecule has 1 heterocycles. The van der Waals surface area contributed by atoms with Crippen LogP contribution < -0.4 is 9.64 Å². The van der Waals surface area contributed by atoms with Gasteiger partial charge >= 0.3 is 0 Å². The van der Waals surface area contributed by atoms with Crippen LogP contribution in [0.15, 0.2) is 249 Å². The van der Waals surface area contributed by atoms with E-state index in [2.05, 4.69) is 254 Å². The molecule has 300 valence electrons. The number of benzene rings is 10. The molecule has 10 aromatic rings. The summed E-state index contributed by atoms with van der Waals surface area (Å²) in [7, 11) is 0. The summed E-state index contributed by atoms with van der Waals surface area (Å²) >= 11 is 0. The van der Waals surface area contributed by atoms with Crippen LogP contribution in [0.2, 0.25) is 0 Å². The molecule has 13 rings (SSSR count). The van der Waals surface area contributed by atoms with E-state index in [9.17, 15) is 0 Å². The molecule has 2 heteroatoms. The molecule has 2 nitrogen and oxygen atoms in total. The first-order valence-corrected chi connectivity index (χ1v) is 22.2. The third-order valence-corrected chi connectivity index (χ3v) is 14.0. The maximum atomic E-state index is 7.02. The Kier molecular flexibility index (Phi) is 8.07. The lowest BCUT2D eigenvalue weighted by Crippen LogP contribution is -2.32. The van der Waals surface area contributed by atoms with Gasteiger partial charge < -0.3 is 9.64 Å². The molecule has 2 aliphatic carbocycles. The smallest absolute Gasteiger partial charge is 0.132 e. The Morgan fingerprint density at radius 2 is 0.766 bits per heavy atom. The number of fused-ring (bicyclic) bond motifs is 12. The van der Waals surface area contributed by atoms with Crippen LogP contribution in [0.25, 0.3) is 33.4 Å². The van der Waals surface area contributed by atoms with Gasteiger partial charge in [-0.1, -0.05) is 212 Å². The van der Waals surface area contributed by atoms with Gasteiger partial charge in [-0.2, -0.15) is 0 Å². The Bertz CT molecular complexity index is 3340. The Balaban J connectivity index is 1.04.